The van der Waals surface area contributed by atoms with Crippen molar-refractivity contribution in [2.45, 2.75) is 38.3 Å². The molecule has 1 aromatic carbocycles. The number of β-amino-alcohol motifs (C(OH)–C–C–N with tert-alkyl or cyclic N) is 1. The molecule has 2 N–H and O–H groups in total. The number of amides is 1. The lowest BCUT2D eigenvalue weighted by Crippen LogP contribution is -2.57. The number of hydrogen-bond acceptors (Lipinski definition) is 3. The largest absolute Gasteiger partial charge is 0.379 e. The van der Waals surface area contributed by atoms with Gasteiger partial charge in [0.1, 0.15) is 0 Å². The van der Waals surface area contributed by atoms with E-state index in [2.05, 4.69) is 35.0 Å². The fourth-order valence-corrected chi connectivity index (χ4v) is 4.26. The van der Waals surface area contributed by atoms with Gasteiger partial charge >= 0.3 is 0 Å². The van der Waals surface area contributed by atoms with Gasteiger partial charge in [0.2, 0.25) is 0 Å². The van der Waals surface area contributed by atoms with Crippen molar-refractivity contribution in [3.63, 3.8) is 0 Å². The fraction of sp³-hybridized carbons (Fsp3) is 0.526. The van der Waals surface area contributed by atoms with Crippen LogP contribution in [0.4, 0.5) is 0 Å². The quantitative estimate of drug-likeness (QED) is 0.884. The number of likely N-dealkylation sites (N-methyl/N-ethyl adjacent to an activating group) is 1. The lowest BCUT2D eigenvalue weighted by molar-refractivity contribution is -0.158. The van der Waals surface area contributed by atoms with Crippen molar-refractivity contribution in [1.29, 1.82) is 0 Å². The first-order valence-electron chi connectivity index (χ1n) is 8.77. The summed E-state index contributed by atoms with van der Waals surface area (Å²) in [5, 5.41) is 12.1. The van der Waals surface area contributed by atoms with Crippen molar-refractivity contribution in [3.05, 3.63) is 35.0 Å². The molecule has 5 heteroatoms. The number of hydrogen-bond donors (Lipinski definition) is 2. The highest BCUT2D eigenvalue weighted by atomic mass is 16.3. The molecule has 4 rings (SSSR count). The second-order valence-corrected chi connectivity index (χ2v) is 7.40. The third-order valence-corrected chi connectivity index (χ3v) is 5.61. The number of likely N-dealkylation sites (tertiary alicyclic amines) is 1. The number of fused-ring (bicyclic) bond motifs is 3. The third-order valence-electron chi connectivity index (χ3n) is 5.61. The predicted octanol–water partition coefficient (Wildman–Crippen LogP) is 1.82. The fourth-order valence-electron chi connectivity index (χ4n) is 4.26. The van der Waals surface area contributed by atoms with E-state index in [0.717, 1.165) is 32.5 Å². The highest BCUT2D eigenvalue weighted by molar-refractivity contribution is 5.88. The summed E-state index contributed by atoms with van der Waals surface area (Å²) in [5.74, 6) is -0.130. The molecule has 1 amide bonds. The summed E-state index contributed by atoms with van der Waals surface area (Å²) in [5.41, 5.74) is 3.87. The Bertz CT molecular complexity index is 797. The molecule has 128 valence electrons. The maximum atomic E-state index is 12.4. The summed E-state index contributed by atoms with van der Waals surface area (Å²) in [6, 6.07) is 6.38. The Morgan fingerprint density at radius 1 is 1.33 bits per heavy atom. The van der Waals surface area contributed by atoms with Crippen LogP contribution in [0.1, 0.15) is 29.7 Å². The van der Waals surface area contributed by atoms with Crippen LogP contribution in [0.15, 0.2) is 18.2 Å². The second-order valence-electron chi connectivity index (χ2n) is 7.40. The Morgan fingerprint density at radius 3 is 3.00 bits per heavy atom. The second kappa shape index (κ2) is 5.60. The molecule has 2 aromatic rings. The lowest BCUT2D eigenvalue weighted by atomic mass is 9.90. The van der Waals surface area contributed by atoms with Crippen LogP contribution < -0.4 is 0 Å². The molecule has 0 bridgehead atoms. The van der Waals surface area contributed by atoms with Crippen LogP contribution in [-0.2, 0) is 17.8 Å². The number of nitrogens with zero attached hydrogens (tertiary/aromatic N) is 2. The van der Waals surface area contributed by atoms with E-state index in [1.165, 1.54) is 27.7 Å². The molecule has 2 aliphatic rings. The number of H-pyrrole nitrogens is 1. The van der Waals surface area contributed by atoms with E-state index in [1.54, 1.807) is 11.9 Å². The zero-order chi connectivity index (χ0) is 16.9. The Kier molecular flexibility index (Phi) is 3.66. The monoisotopic (exact) mass is 327 g/mol. The summed E-state index contributed by atoms with van der Waals surface area (Å²) in [7, 11) is 1.78. The number of aryl methyl sites for hydroxylation is 1. The molecule has 0 radical (unpaired) electrons. The average Bonchev–Trinajstić information content (AvgIpc) is 2.92. The predicted molar refractivity (Wildman–Crippen MR) is 93.8 cm³/mol. The van der Waals surface area contributed by atoms with Crippen LogP contribution in [0.25, 0.3) is 10.9 Å². The van der Waals surface area contributed by atoms with Crippen molar-refractivity contribution in [2.24, 2.45) is 0 Å². The molecule has 1 fully saturated rings. The van der Waals surface area contributed by atoms with E-state index in [9.17, 15) is 9.90 Å². The van der Waals surface area contributed by atoms with E-state index in [4.69, 9.17) is 0 Å². The number of nitrogens with one attached hydrogen (secondary N) is 1. The standard InChI is InChI=1S/C19H25N3O2/c1-13-5-3-6-14-15-11-22(10-7-16(15)20-17(13)14)12-19(24)8-4-9-21(2)18(19)23/h3,5-6,20,24H,4,7-12H2,1-2H3/t19-/m1/s1. The van der Waals surface area contributed by atoms with Gasteiger partial charge in [0.15, 0.2) is 5.60 Å². The molecule has 0 aliphatic carbocycles. The summed E-state index contributed by atoms with van der Waals surface area (Å²) < 4.78 is 0. The molecular weight excluding hydrogens is 302 g/mol. The van der Waals surface area contributed by atoms with Gasteiger partial charge in [-0.15, -0.1) is 0 Å². The van der Waals surface area contributed by atoms with Crippen LogP contribution in [0, 0.1) is 6.92 Å². The van der Waals surface area contributed by atoms with Crippen molar-refractivity contribution >= 4 is 16.8 Å². The van der Waals surface area contributed by atoms with Gasteiger partial charge in [0, 0.05) is 56.2 Å². The number of benzene rings is 1. The van der Waals surface area contributed by atoms with E-state index in [0.29, 0.717) is 13.0 Å². The van der Waals surface area contributed by atoms with Crippen LogP contribution in [-0.4, -0.2) is 58.1 Å². The number of aliphatic hydroxyl groups is 1. The first-order chi connectivity index (χ1) is 11.5. The first kappa shape index (κ1) is 15.7. The van der Waals surface area contributed by atoms with Crippen LogP contribution in [0.3, 0.4) is 0 Å². The van der Waals surface area contributed by atoms with Crippen molar-refractivity contribution in [2.75, 3.05) is 26.7 Å². The Hall–Kier alpha value is -1.85. The van der Waals surface area contributed by atoms with Gasteiger partial charge < -0.3 is 15.0 Å². The van der Waals surface area contributed by atoms with Gasteiger partial charge in [0.25, 0.3) is 5.91 Å². The summed E-state index contributed by atoms with van der Waals surface area (Å²) in [4.78, 5) is 19.9. The van der Waals surface area contributed by atoms with Crippen LogP contribution >= 0.6 is 0 Å². The number of carbonyl (C=O) groups is 1. The summed E-state index contributed by atoms with van der Waals surface area (Å²) in [6.45, 7) is 4.96. The number of para-hydroxylation sites is 1. The van der Waals surface area contributed by atoms with Crippen molar-refractivity contribution < 1.29 is 9.90 Å². The highest BCUT2D eigenvalue weighted by Gasteiger charge is 2.42. The van der Waals surface area contributed by atoms with E-state index in [1.807, 2.05) is 0 Å². The molecule has 5 nitrogen and oxygen atoms in total. The first-order valence-corrected chi connectivity index (χ1v) is 8.77. The van der Waals surface area contributed by atoms with Gasteiger partial charge in [-0.3, -0.25) is 9.69 Å². The maximum Gasteiger partial charge on any atom is 0.255 e. The smallest absolute Gasteiger partial charge is 0.255 e. The number of rotatable bonds is 2. The molecule has 0 spiro atoms. The van der Waals surface area contributed by atoms with E-state index in [-0.39, 0.29) is 5.91 Å². The zero-order valence-corrected chi connectivity index (χ0v) is 14.4. The Labute approximate surface area is 142 Å². The Morgan fingerprint density at radius 2 is 2.17 bits per heavy atom. The molecule has 0 unspecified atom stereocenters. The molecule has 2 aliphatic heterocycles. The Balaban J connectivity index is 1.59. The SMILES string of the molecule is Cc1cccc2c3c([nH]c12)CCN(C[C@]1(O)CCCN(C)C1=O)C3. The molecule has 1 aromatic heterocycles. The molecular formula is C19H25N3O2. The zero-order valence-electron chi connectivity index (χ0n) is 14.4. The van der Waals surface area contributed by atoms with Crippen LogP contribution in [0.2, 0.25) is 0 Å². The topological polar surface area (TPSA) is 59.6 Å². The highest BCUT2D eigenvalue weighted by Crippen LogP contribution is 2.31. The van der Waals surface area contributed by atoms with Crippen molar-refractivity contribution in [3.8, 4) is 0 Å². The van der Waals surface area contributed by atoms with E-state index < -0.39 is 5.60 Å². The third kappa shape index (κ3) is 2.43. The molecule has 1 saturated heterocycles. The molecule has 1 atom stereocenters. The van der Waals surface area contributed by atoms with E-state index >= 15 is 0 Å². The minimum absolute atomic E-state index is 0.130. The minimum Gasteiger partial charge on any atom is -0.379 e. The number of carbonyl (C=O) groups excluding carboxylic acids is 1. The van der Waals surface area contributed by atoms with Gasteiger partial charge in [0.05, 0.1) is 0 Å². The number of aromatic nitrogens is 1. The van der Waals surface area contributed by atoms with Crippen molar-refractivity contribution in [1.82, 2.24) is 14.8 Å². The van der Waals surface area contributed by atoms with Gasteiger partial charge in [-0.2, -0.15) is 0 Å². The van der Waals surface area contributed by atoms with Crippen LogP contribution in [0.5, 0.6) is 0 Å². The van der Waals surface area contributed by atoms with Gasteiger partial charge in [-0.05, 0) is 30.9 Å². The average molecular weight is 327 g/mol. The summed E-state index contributed by atoms with van der Waals surface area (Å²) in [6.07, 6.45) is 2.36. The molecule has 3 heterocycles. The van der Waals surface area contributed by atoms with Gasteiger partial charge in [-0.1, -0.05) is 18.2 Å². The number of piperidine rings is 1. The number of aromatic amines is 1. The normalized spacial score (nSPS) is 25.3. The summed E-state index contributed by atoms with van der Waals surface area (Å²) >= 11 is 0. The minimum atomic E-state index is -1.23. The molecule has 0 saturated carbocycles. The maximum absolute atomic E-state index is 12.4. The molecule has 24 heavy (non-hydrogen) atoms. The van der Waals surface area contributed by atoms with Gasteiger partial charge in [-0.25, -0.2) is 0 Å². The lowest BCUT2D eigenvalue weighted by Gasteiger charge is -2.40.